The van der Waals surface area contributed by atoms with Gasteiger partial charge in [0.15, 0.2) is 0 Å². The van der Waals surface area contributed by atoms with E-state index in [2.05, 4.69) is 26.6 Å². The monoisotopic (exact) mass is 415 g/mol. The van der Waals surface area contributed by atoms with E-state index in [4.69, 9.17) is 9.84 Å². The van der Waals surface area contributed by atoms with Gasteiger partial charge in [-0.25, -0.2) is 4.79 Å². The number of amides is 2. The molecule has 1 aromatic heterocycles. The molecule has 1 saturated carbocycles. The number of pyridine rings is 1. The number of hydrogen-bond acceptors (Lipinski definition) is 4. The summed E-state index contributed by atoms with van der Waals surface area (Å²) in [5, 5.41) is 13.6. The number of nitrogens with one attached hydrogen (secondary N) is 2. The highest BCUT2D eigenvalue weighted by Gasteiger charge is 2.26. The number of halogens is 1. The standard InChI is InChI=1S/C16H22BrN3O5/c1-9(18-16(23)24)15(22)19-10-3-5-11(6-4-10)25-13-7-14(21)20(2)8-12(13)17/h7-11,18H,3-6H2,1-2H3,(H,19,22)(H,23,24)/t9-,10?,11?/m0/s1. The fraction of sp³-hybridized carbons (Fsp3) is 0.562. The van der Waals surface area contributed by atoms with Crippen LogP contribution in [0.25, 0.3) is 0 Å². The number of carboxylic acid groups (broad SMARTS) is 1. The molecule has 138 valence electrons. The van der Waals surface area contributed by atoms with Crippen molar-refractivity contribution in [3.8, 4) is 5.75 Å². The van der Waals surface area contributed by atoms with E-state index in [-0.39, 0.29) is 23.6 Å². The average molecular weight is 416 g/mol. The zero-order valence-corrected chi connectivity index (χ0v) is 15.7. The lowest BCUT2D eigenvalue weighted by molar-refractivity contribution is -0.123. The summed E-state index contributed by atoms with van der Waals surface area (Å²) in [4.78, 5) is 34.2. The molecule has 0 aromatic carbocycles. The molecule has 25 heavy (non-hydrogen) atoms. The first kappa shape index (κ1) is 19.3. The van der Waals surface area contributed by atoms with Gasteiger partial charge in [0.05, 0.1) is 10.6 Å². The van der Waals surface area contributed by atoms with Crippen molar-refractivity contribution in [3.05, 3.63) is 27.1 Å². The molecule has 0 spiro atoms. The molecule has 0 radical (unpaired) electrons. The highest BCUT2D eigenvalue weighted by molar-refractivity contribution is 9.10. The third-order valence-corrected chi connectivity index (χ3v) is 4.79. The van der Waals surface area contributed by atoms with Crippen molar-refractivity contribution in [2.24, 2.45) is 7.05 Å². The normalized spacial score (nSPS) is 21.2. The summed E-state index contributed by atoms with van der Waals surface area (Å²) in [6, 6.07) is 0.664. The van der Waals surface area contributed by atoms with Crippen LogP contribution in [-0.2, 0) is 11.8 Å². The van der Waals surface area contributed by atoms with Gasteiger partial charge in [0.1, 0.15) is 11.8 Å². The van der Waals surface area contributed by atoms with Gasteiger partial charge in [0, 0.05) is 25.4 Å². The highest BCUT2D eigenvalue weighted by Crippen LogP contribution is 2.28. The van der Waals surface area contributed by atoms with Crippen molar-refractivity contribution in [2.45, 2.75) is 50.8 Å². The van der Waals surface area contributed by atoms with E-state index in [1.54, 1.807) is 13.2 Å². The predicted molar refractivity (Wildman–Crippen MR) is 94.8 cm³/mol. The van der Waals surface area contributed by atoms with Crippen LogP contribution in [0.5, 0.6) is 5.75 Å². The van der Waals surface area contributed by atoms with Crippen molar-refractivity contribution >= 4 is 27.9 Å². The predicted octanol–water partition coefficient (Wildman–Crippen LogP) is 1.61. The van der Waals surface area contributed by atoms with Gasteiger partial charge in [0.2, 0.25) is 5.91 Å². The molecule has 1 fully saturated rings. The fourth-order valence-electron chi connectivity index (χ4n) is 2.75. The molecule has 8 nitrogen and oxygen atoms in total. The lowest BCUT2D eigenvalue weighted by Crippen LogP contribution is -2.49. The topological polar surface area (TPSA) is 110 Å². The summed E-state index contributed by atoms with van der Waals surface area (Å²) in [6.07, 6.45) is 3.38. The quantitative estimate of drug-likeness (QED) is 0.676. The summed E-state index contributed by atoms with van der Waals surface area (Å²) in [6.45, 7) is 1.51. The van der Waals surface area contributed by atoms with Crippen molar-refractivity contribution in [1.29, 1.82) is 0 Å². The molecule has 1 aliphatic carbocycles. The van der Waals surface area contributed by atoms with E-state index >= 15 is 0 Å². The molecular weight excluding hydrogens is 394 g/mol. The number of aryl methyl sites for hydroxylation is 1. The Bertz CT molecular complexity index is 698. The number of rotatable bonds is 5. The maximum absolute atomic E-state index is 11.9. The Hall–Kier alpha value is -2.03. The van der Waals surface area contributed by atoms with Gasteiger partial charge in [0.25, 0.3) is 5.56 Å². The van der Waals surface area contributed by atoms with E-state index in [0.717, 1.165) is 30.2 Å². The molecule has 3 N–H and O–H groups in total. The maximum atomic E-state index is 11.9. The third-order valence-electron chi connectivity index (χ3n) is 4.19. The van der Waals surface area contributed by atoms with Gasteiger partial charge in [-0.1, -0.05) is 0 Å². The van der Waals surface area contributed by atoms with Crippen molar-refractivity contribution in [3.63, 3.8) is 0 Å². The van der Waals surface area contributed by atoms with Crippen LogP contribution in [0.3, 0.4) is 0 Å². The Morgan fingerprint density at radius 2 is 2.00 bits per heavy atom. The highest BCUT2D eigenvalue weighted by atomic mass is 79.9. The zero-order chi connectivity index (χ0) is 18.6. The van der Waals surface area contributed by atoms with Crippen LogP contribution in [0.4, 0.5) is 4.79 Å². The molecule has 2 rings (SSSR count). The first-order valence-corrected chi connectivity index (χ1v) is 8.88. The number of ether oxygens (including phenoxy) is 1. The molecule has 1 heterocycles. The molecule has 1 aromatic rings. The van der Waals surface area contributed by atoms with Crippen molar-refractivity contribution in [1.82, 2.24) is 15.2 Å². The lowest BCUT2D eigenvalue weighted by Gasteiger charge is -2.30. The summed E-state index contributed by atoms with van der Waals surface area (Å²) < 4.78 is 8.10. The smallest absolute Gasteiger partial charge is 0.405 e. The molecule has 9 heteroatoms. The number of carbonyl (C=O) groups is 2. The van der Waals surface area contributed by atoms with Crippen LogP contribution in [0, 0.1) is 0 Å². The van der Waals surface area contributed by atoms with Crippen LogP contribution < -0.4 is 20.9 Å². The van der Waals surface area contributed by atoms with E-state index < -0.39 is 12.1 Å². The minimum Gasteiger partial charge on any atom is -0.489 e. The third kappa shape index (κ3) is 5.48. The van der Waals surface area contributed by atoms with Crippen LogP contribution >= 0.6 is 15.9 Å². The Morgan fingerprint density at radius 3 is 2.60 bits per heavy atom. The molecule has 2 amide bonds. The largest absolute Gasteiger partial charge is 0.489 e. The first-order chi connectivity index (χ1) is 11.8. The molecular formula is C16H22BrN3O5. The summed E-state index contributed by atoms with van der Waals surface area (Å²) in [7, 11) is 1.67. The Morgan fingerprint density at radius 1 is 1.36 bits per heavy atom. The van der Waals surface area contributed by atoms with E-state index in [0.29, 0.717) is 5.75 Å². The second-order valence-corrected chi connectivity index (χ2v) is 7.06. The second kappa shape index (κ2) is 8.37. The van der Waals surface area contributed by atoms with E-state index in [1.807, 2.05) is 0 Å². The maximum Gasteiger partial charge on any atom is 0.405 e. The van der Waals surface area contributed by atoms with E-state index in [1.165, 1.54) is 17.6 Å². The van der Waals surface area contributed by atoms with Gasteiger partial charge in [-0.2, -0.15) is 0 Å². The minimum absolute atomic E-state index is 0.00233. The molecule has 0 saturated heterocycles. The van der Waals surface area contributed by atoms with Gasteiger partial charge in [-0.15, -0.1) is 0 Å². The zero-order valence-electron chi connectivity index (χ0n) is 14.1. The van der Waals surface area contributed by atoms with Gasteiger partial charge >= 0.3 is 6.09 Å². The summed E-state index contributed by atoms with van der Waals surface area (Å²) in [5.41, 5.74) is -0.140. The van der Waals surface area contributed by atoms with Crippen LogP contribution in [0.15, 0.2) is 21.5 Å². The van der Waals surface area contributed by atoms with Gasteiger partial charge < -0.3 is 25.0 Å². The SMILES string of the molecule is C[C@H](NC(=O)O)C(=O)NC1CCC(Oc2cc(=O)n(C)cc2Br)CC1. The van der Waals surface area contributed by atoms with Gasteiger partial charge in [-0.3, -0.25) is 9.59 Å². The lowest BCUT2D eigenvalue weighted by atomic mass is 9.92. The van der Waals surface area contributed by atoms with E-state index in [9.17, 15) is 14.4 Å². The molecule has 1 atom stereocenters. The van der Waals surface area contributed by atoms with Crippen LogP contribution in [0.1, 0.15) is 32.6 Å². The van der Waals surface area contributed by atoms with Gasteiger partial charge in [-0.05, 0) is 48.5 Å². The minimum atomic E-state index is -1.22. The Labute approximate surface area is 153 Å². The second-order valence-electron chi connectivity index (χ2n) is 6.21. The molecule has 0 unspecified atom stereocenters. The fourth-order valence-corrected chi connectivity index (χ4v) is 3.27. The van der Waals surface area contributed by atoms with Crippen molar-refractivity contribution < 1.29 is 19.4 Å². The van der Waals surface area contributed by atoms with Crippen LogP contribution in [0.2, 0.25) is 0 Å². The summed E-state index contributed by atoms with van der Waals surface area (Å²) in [5.74, 6) is 0.191. The molecule has 0 aliphatic heterocycles. The summed E-state index contributed by atoms with van der Waals surface area (Å²) >= 11 is 3.39. The first-order valence-electron chi connectivity index (χ1n) is 8.09. The van der Waals surface area contributed by atoms with Crippen molar-refractivity contribution in [2.75, 3.05) is 0 Å². The number of nitrogens with zero attached hydrogens (tertiary/aromatic N) is 1. The number of carbonyl (C=O) groups excluding carboxylic acids is 1. The number of aromatic nitrogens is 1. The average Bonchev–Trinajstić information content (AvgIpc) is 2.53. The Kier molecular flexibility index (Phi) is 6.46. The molecule has 0 bridgehead atoms. The number of hydrogen-bond donors (Lipinski definition) is 3. The molecule has 1 aliphatic rings. The Balaban J connectivity index is 1.84. The van der Waals surface area contributed by atoms with Crippen LogP contribution in [-0.4, -0.2) is 39.9 Å².